The molecule has 0 bridgehead atoms. The molecule has 3 rings (SSSR count). The molecule has 0 aliphatic rings. The van der Waals surface area contributed by atoms with E-state index in [2.05, 4.69) is 12.2 Å². The SMILES string of the molecule is CCCCNC(=O)[C@@H](Cc1ccccc1)N(Cc1ccccc1)C(=O)Cc1ccc(F)cc1. The minimum Gasteiger partial charge on any atom is -0.354 e. The Morgan fingerprint density at radius 1 is 0.848 bits per heavy atom. The summed E-state index contributed by atoms with van der Waals surface area (Å²) in [7, 11) is 0. The summed E-state index contributed by atoms with van der Waals surface area (Å²) in [5.41, 5.74) is 2.65. The predicted octanol–water partition coefficient (Wildman–Crippen LogP) is 4.92. The Balaban J connectivity index is 1.90. The van der Waals surface area contributed by atoms with E-state index in [4.69, 9.17) is 0 Å². The molecular formula is C28H31FN2O2. The minimum absolute atomic E-state index is 0.0979. The van der Waals surface area contributed by atoms with Crippen LogP contribution in [-0.2, 0) is 29.0 Å². The molecule has 4 nitrogen and oxygen atoms in total. The van der Waals surface area contributed by atoms with E-state index in [1.807, 2.05) is 60.7 Å². The highest BCUT2D eigenvalue weighted by atomic mass is 19.1. The molecule has 0 fully saturated rings. The van der Waals surface area contributed by atoms with E-state index in [0.717, 1.165) is 24.0 Å². The van der Waals surface area contributed by atoms with E-state index >= 15 is 0 Å². The summed E-state index contributed by atoms with van der Waals surface area (Å²) in [6.07, 6.45) is 2.37. The third-order valence-electron chi connectivity index (χ3n) is 5.57. The van der Waals surface area contributed by atoms with Gasteiger partial charge in [0.1, 0.15) is 11.9 Å². The molecular weight excluding hydrogens is 415 g/mol. The highest BCUT2D eigenvalue weighted by Crippen LogP contribution is 2.17. The molecule has 1 N–H and O–H groups in total. The van der Waals surface area contributed by atoms with Crippen molar-refractivity contribution in [2.75, 3.05) is 6.54 Å². The van der Waals surface area contributed by atoms with Crippen LogP contribution in [0.2, 0.25) is 0 Å². The lowest BCUT2D eigenvalue weighted by Crippen LogP contribution is -2.51. The zero-order valence-electron chi connectivity index (χ0n) is 19.0. The number of halogens is 1. The van der Waals surface area contributed by atoms with Gasteiger partial charge in [0, 0.05) is 19.5 Å². The maximum Gasteiger partial charge on any atom is 0.243 e. The van der Waals surface area contributed by atoms with Crippen LogP contribution in [0.1, 0.15) is 36.5 Å². The number of nitrogens with one attached hydrogen (secondary N) is 1. The van der Waals surface area contributed by atoms with Gasteiger partial charge in [0.25, 0.3) is 0 Å². The Morgan fingerprint density at radius 2 is 1.45 bits per heavy atom. The number of carbonyl (C=O) groups excluding carboxylic acids is 2. The Kier molecular flexibility index (Phi) is 9.19. The molecule has 0 radical (unpaired) electrons. The molecule has 3 aromatic carbocycles. The second-order valence-corrected chi connectivity index (χ2v) is 8.16. The van der Waals surface area contributed by atoms with Gasteiger partial charge in [0.05, 0.1) is 6.42 Å². The Morgan fingerprint density at radius 3 is 2.06 bits per heavy atom. The number of amides is 2. The van der Waals surface area contributed by atoms with Crippen LogP contribution in [0.25, 0.3) is 0 Å². The monoisotopic (exact) mass is 446 g/mol. The van der Waals surface area contributed by atoms with Crippen molar-refractivity contribution in [3.8, 4) is 0 Å². The number of rotatable bonds is 11. The first-order valence-corrected chi connectivity index (χ1v) is 11.5. The van der Waals surface area contributed by atoms with Crippen LogP contribution in [-0.4, -0.2) is 29.3 Å². The third-order valence-corrected chi connectivity index (χ3v) is 5.57. The Hall–Kier alpha value is -3.47. The summed E-state index contributed by atoms with van der Waals surface area (Å²) in [5.74, 6) is -0.669. The normalized spacial score (nSPS) is 11.6. The average Bonchev–Trinajstić information content (AvgIpc) is 2.84. The van der Waals surface area contributed by atoms with E-state index in [9.17, 15) is 14.0 Å². The number of hydrogen-bond acceptors (Lipinski definition) is 2. The molecule has 0 spiro atoms. The van der Waals surface area contributed by atoms with Crippen molar-refractivity contribution in [1.82, 2.24) is 10.2 Å². The van der Waals surface area contributed by atoms with Crippen LogP contribution < -0.4 is 5.32 Å². The number of nitrogens with zero attached hydrogens (tertiary/aromatic N) is 1. The van der Waals surface area contributed by atoms with E-state index in [1.165, 1.54) is 12.1 Å². The molecule has 2 amide bonds. The molecule has 0 aliphatic heterocycles. The van der Waals surface area contributed by atoms with Crippen LogP contribution >= 0.6 is 0 Å². The summed E-state index contributed by atoms with van der Waals surface area (Å²) in [6.45, 7) is 2.97. The van der Waals surface area contributed by atoms with Crippen molar-refractivity contribution >= 4 is 11.8 Å². The number of benzene rings is 3. The Bertz CT molecular complexity index is 1010. The molecule has 0 unspecified atom stereocenters. The molecule has 0 aliphatic carbocycles. The fraction of sp³-hybridized carbons (Fsp3) is 0.286. The molecule has 5 heteroatoms. The van der Waals surface area contributed by atoms with Crippen molar-refractivity contribution in [3.05, 3.63) is 107 Å². The first-order chi connectivity index (χ1) is 16.1. The maximum absolute atomic E-state index is 13.5. The summed E-state index contributed by atoms with van der Waals surface area (Å²) in [6, 6.07) is 24.7. The third kappa shape index (κ3) is 7.56. The summed E-state index contributed by atoms with van der Waals surface area (Å²) < 4.78 is 13.3. The lowest BCUT2D eigenvalue weighted by atomic mass is 10.0. The minimum atomic E-state index is -0.655. The summed E-state index contributed by atoms with van der Waals surface area (Å²) in [4.78, 5) is 28.5. The molecule has 0 saturated heterocycles. The van der Waals surface area contributed by atoms with Crippen molar-refractivity contribution in [2.24, 2.45) is 0 Å². The Labute approximate surface area is 195 Å². The molecule has 0 heterocycles. The van der Waals surface area contributed by atoms with Crippen LogP contribution in [0.15, 0.2) is 84.9 Å². The number of unbranched alkanes of at least 4 members (excludes halogenated alkanes) is 1. The lowest BCUT2D eigenvalue weighted by molar-refractivity contribution is -0.140. The largest absolute Gasteiger partial charge is 0.354 e. The van der Waals surface area contributed by atoms with Gasteiger partial charge in [0.2, 0.25) is 11.8 Å². The zero-order chi connectivity index (χ0) is 23.5. The van der Waals surface area contributed by atoms with Gasteiger partial charge in [-0.05, 0) is 35.2 Å². The highest BCUT2D eigenvalue weighted by molar-refractivity contribution is 5.88. The van der Waals surface area contributed by atoms with Crippen molar-refractivity contribution in [2.45, 2.75) is 45.2 Å². The van der Waals surface area contributed by atoms with Gasteiger partial charge >= 0.3 is 0 Å². The molecule has 3 aromatic rings. The van der Waals surface area contributed by atoms with Crippen LogP contribution in [0, 0.1) is 5.82 Å². The van der Waals surface area contributed by atoms with Gasteiger partial charge in [-0.25, -0.2) is 4.39 Å². The van der Waals surface area contributed by atoms with E-state index in [-0.39, 0.29) is 24.1 Å². The van der Waals surface area contributed by atoms with Gasteiger partial charge in [-0.15, -0.1) is 0 Å². The fourth-order valence-corrected chi connectivity index (χ4v) is 3.72. The van der Waals surface area contributed by atoms with Gasteiger partial charge < -0.3 is 10.2 Å². The topological polar surface area (TPSA) is 49.4 Å². The van der Waals surface area contributed by atoms with Gasteiger partial charge in [0.15, 0.2) is 0 Å². The number of hydrogen-bond donors (Lipinski definition) is 1. The summed E-state index contributed by atoms with van der Waals surface area (Å²) >= 11 is 0. The first-order valence-electron chi connectivity index (χ1n) is 11.5. The van der Waals surface area contributed by atoms with Crippen LogP contribution in [0.5, 0.6) is 0 Å². The molecule has 1 atom stereocenters. The lowest BCUT2D eigenvalue weighted by Gasteiger charge is -2.31. The van der Waals surface area contributed by atoms with Crippen LogP contribution in [0.3, 0.4) is 0 Å². The molecule has 33 heavy (non-hydrogen) atoms. The first kappa shape index (κ1) is 24.2. The number of carbonyl (C=O) groups is 2. The van der Waals surface area contributed by atoms with Crippen LogP contribution in [0.4, 0.5) is 4.39 Å². The highest BCUT2D eigenvalue weighted by Gasteiger charge is 2.30. The van der Waals surface area contributed by atoms with Gasteiger partial charge in [-0.1, -0.05) is 86.1 Å². The van der Waals surface area contributed by atoms with E-state index in [1.54, 1.807) is 17.0 Å². The smallest absolute Gasteiger partial charge is 0.243 e. The predicted molar refractivity (Wildman–Crippen MR) is 129 cm³/mol. The van der Waals surface area contributed by atoms with Crippen molar-refractivity contribution in [3.63, 3.8) is 0 Å². The molecule has 0 aromatic heterocycles. The second kappa shape index (κ2) is 12.5. The second-order valence-electron chi connectivity index (χ2n) is 8.16. The van der Waals surface area contributed by atoms with Crippen molar-refractivity contribution < 1.29 is 14.0 Å². The maximum atomic E-state index is 13.5. The standard InChI is InChI=1S/C28H31FN2O2/c1-2-3-18-30-28(33)26(19-22-10-6-4-7-11-22)31(21-24-12-8-5-9-13-24)27(32)20-23-14-16-25(29)17-15-23/h4-17,26H,2-3,18-21H2,1H3,(H,30,33)/t26-/m1/s1. The quantitative estimate of drug-likeness (QED) is 0.425. The fourth-order valence-electron chi connectivity index (χ4n) is 3.72. The summed E-state index contributed by atoms with van der Waals surface area (Å²) in [5, 5.41) is 3.01. The van der Waals surface area contributed by atoms with E-state index in [0.29, 0.717) is 25.1 Å². The van der Waals surface area contributed by atoms with Gasteiger partial charge in [-0.3, -0.25) is 9.59 Å². The molecule has 172 valence electrons. The van der Waals surface area contributed by atoms with Crippen molar-refractivity contribution in [1.29, 1.82) is 0 Å². The average molecular weight is 447 g/mol. The van der Waals surface area contributed by atoms with Gasteiger partial charge in [-0.2, -0.15) is 0 Å². The zero-order valence-corrected chi connectivity index (χ0v) is 19.0. The molecule has 0 saturated carbocycles. The van der Waals surface area contributed by atoms with E-state index < -0.39 is 6.04 Å².